The van der Waals surface area contributed by atoms with Gasteiger partial charge in [0.25, 0.3) is 0 Å². The highest BCUT2D eigenvalue weighted by molar-refractivity contribution is 5.85. The van der Waals surface area contributed by atoms with Crippen LogP contribution in [0.2, 0.25) is 0 Å². The van der Waals surface area contributed by atoms with E-state index in [2.05, 4.69) is 96.3 Å². The molecular formula is C74H100N4. The number of hydrogen-bond donors (Lipinski definition) is 4. The summed E-state index contributed by atoms with van der Waals surface area (Å²) in [5, 5.41) is 1.26. The third kappa shape index (κ3) is 38.0. The smallest absolute Gasteiger partial charge is 0.0478 e. The molecule has 416 valence electrons. The predicted octanol–water partition coefficient (Wildman–Crippen LogP) is 21.2. The van der Waals surface area contributed by atoms with Gasteiger partial charge in [-0.25, -0.2) is 0 Å². The number of aromatic amines is 1. The number of nitrogens with two attached hydrogens (primary N) is 3. The second-order valence-corrected chi connectivity index (χ2v) is 13.6. The summed E-state index contributed by atoms with van der Waals surface area (Å²) in [5.74, 6) is 11.1. The summed E-state index contributed by atoms with van der Waals surface area (Å²) in [6.45, 7) is 36.1. The van der Waals surface area contributed by atoms with Crippen LogP contribution in [0.15, 0.2) is 224 Å². The Balaban J connectivity index is -0.000000264. The number of nitrogens with one attached hydrogen (secondary N) is 1. The van der Waals surface area contributed by atoms with E-state index in [0.29, 0.717) is 5.69 Å². The molecule has 78 heavy (non-hydrogen) atoms. The molecule has 0 saturated heterocycles. The summed E-state index contributed by atoms with van der Waals surface area (Å²) in [6, 6.07) is 73.4. The molecule has 0 atom stereocenters. The topological polar surface area (TPSA) is 93.8 Å². The average Bonchev–Trinajstić information content (AvgIpc) is 3.98. The van der Waals surface area contributed by atoms with Crippen molar-refractivity contribution >= 4 is 28.0 Å². The van der Waals surface area contributed by atoms with Crippen molar-refractivity contribution in [3.63, 3.8) is 0 Å². The Labute approximate surface area is 478 Å². The summed E-state index contributed by atoms with van der Waals surface area (Å²) >= 11 is 0. The molecule has 0 saturated carbocycles. The van der Waals surface area contributed by atoms with E-state index in [4.69, 9.17) is 30.0 Å². The minimum Gasteiger partial charge on any atom is -0.399 e. The molecule has 0 bridgehead atoms. The monoisotopic (exact) mass is 1040 g/mol. The first-order valence-electron chi connectivity index (χ1n) is 28.0. The van der Waals surface area contributed by atoms with Gasteiger partial charge in [-0.3, -0.25) is 0 Å². The van der Waals surface area contributed by atoms with Crippen molar-refractivity contribution in [2.75, 3.05) is 17.2 Å². The second-order valence-electron chi connectivity index (χ2n) is 13.6. The molecule has 0 amide bonds. The number of H-pyrrole nitrogens is 1. The normalized spacial score (nSPS) is 7.90. The fourth-order valence-corrected chi connectivity index (χ4v) is 5.40. The summed E-state index contributed by atoms with van der Waals surface area (Å²) in [6.07, 6.45) is 10.2. The van der Waals surface area contributed by atoms with Gasteiger partial charge in [0, 0.05) is 55.9 Å². The maximum absolute atomic E-state index is 5.78. The maximum atomic E-state index is 5.78. The van der Waals surface area contributed by atoms with Gasteiger partial charge < -0.3 is 22.2 Å². The summed E-state index contributed by atoms with van der Waals surface area (Å²) in [7, 11) is 0. The Hall–Kier alpha value is -8.62. The lowest BCUT2D eigenvalue weighted by atomic mass is 10.1. The fourth-order valence-electron chi connectivity index (χ4n) is 5.40. The first-order valence-corrected chi connectivity index (χ1v) is 28.0. The zero-order valence-corrected chi connectivity index (χ0v) is 51.2. The van der Waals surface area contributed by atoms with Crippen LogP contribution in [-0.2, 0) is 0 Å². The molecule has 0 spiro atoms. The Morgan fingerprint density at radius 2 is 0.692 bits per heavy atom. The standard InChI is InChI=1S/2C14H11N.C8H7N.C8H6.C7H9N.C7H8.8C2H6/c1-2-6-11(7-3-1)14-10-12-8-4-5-9-13(12)15-14;15-14-9-5-4-8-13(14)11-10-12-6-2-1-3-7-12;1-2-7-5-3-4-6-8(7)9;1-2-8-6-4-3-5-7-8;1-6-4-2-3-5-7(6)8;1-7-5-3-2-4-6-7;8*1-2/h1-10,15H;1-9H,15H2;1,3-6H,9H2;1,3-7H;2-5H,8H2,1H3;2-6H,1H3;8*1-2H3. The molecule has 9 aromatic rings. The predicted molar refractivity (Wildman–Crippen MR) is 358 cm³/mol. The molecule has 7 N–H and O–H groups in total. The number of rotatable bonds is 1. The number of benzene rings is 8. The van der Waals surface area contributed by atoms with Crippen LogP contribution in [-0.4, -0.2) is 4.98 Å². The van der Waals surface area contributed by atoms with Crippen LogP contribution in [0.3, 0.4) is 0 Å². The molecule has 4 heteroatoms. The lowest BCUT2D eigenvalue weighted by Gasteiger charge is -1.94. The SMILES string of the molecule is C#Cc1ccccc1.C#Cc1ccccc1N.CC.CC.CC.CC.CC.CC.CC.CC.Cc1ccccc1.Cc1ccccc1N.Nc1ccccc1C#Cc1ccccc1.c1ccc(-c2cc3ccccc3[nH]2)cc1. The molecule has 0 fully saturated rings. The Morgan fingerprint density at radius 1 is 0.333 bits per heavy atom. The molecule has 1 heterocycles. The quantitative estimate of drug-likeness (QED) is 0.0975. The Morgan fingerprint density at radius 3 is 1.04 bits per heavy atom. The average molecular weight is 1050 g/mol. The minimum absolute atomic E-state index is 0.667. The lowest BCUT2D eigenvalue weighted by Crippen LogP contribution is -1.88. The van der Waals surface area contributed by atoms with Crippen molar-refractivity contribution in [3.8, 4) is 47.8 Å². The second kappa shape index (κ2) is 59.3. The molecule has 0 aliphatic rings. The third-order valence-electron chi connectivity index (χ3n) is 8.88. The zero-order chi connectivity index (χ0) is 60.2. The number of para-hydroxylation sites is 4. The molecule has 1 aromatic heterocycles. The first kappa shape index (κ1) is 78.3. The maximum Gasteiger partial charge on any atom is 0.0478 e. The molecule has 9 rings (SSSR count). The molecule has 8 aromatic carbocycles. The highest BCUT2D eigenvalue weighted by atomic mass is 14.7. The molecule has 0 radical (unpaired) electrons. The van der Waals surface area contributed by atoms with Crippen LogP contribution in [0.4, 0.5) is 17.1 Å². The number of aryl methyl sites for hydroxylation is 2. The van der Waals surface area contributed by atoms with Gasteiger partial charge in [-0.05, 0) is 91.7 Å². The summed E-state index contributed by atoms with van der Waals surface area (Å²) < 4.78 is 0. The van der Waals surface area contributed by atoms with Gasteiger partial charge >= 0.3 is 0 Å². The Bertz CT molecular complexity index is 2750. The zero-order valence-electron chi connectivity index (χ0n) is 51.2. The highest BCUT2D eigenvalue weighted by Crippen LogP contribution is 2.23. The van der Waals surface area contributed by atoms with Crippen LogP contribution in [0, 0.1) is 50.4 Å². The van der Waals surface area contributed by atoms with Gasteiger partial charge in [0.2, 0.25) is 0 Å². The van der Waals surface area contributed by atoms with E-state index in [1.807, 2.05) is 275 Å². The van der Waals surface area contributed by atoms with E-state index in [-0.39, 0.29) is 0 Å². The molecule has 0 aliphatic heterocycles. The largest absolute Gasteiger partial charge is 0.399 e. The van der Waals surface area contributed by atoms with Crippen molar-refractivity contribution in [2.24, 2.45) is 0 Å². The summed E-state index contributed by atoms with van der Waals surface area (Å²) in [5.41, 5.74) is 28.7. The van der Waals surface area contributed by atoms with Gasteiger partial charge in [-0.15, -0.1) is 12.8 Å². The van der Waals surface area contributed by atoms with Crippen LogP contribution in [0.1, 0.15) is 144 Å². The van der Waals surface area contributed by atoms with Crippen molar-refractivity contribution in [2.45, 2.75) is 125 Å². The third-order valence-corrected chi connectivity index (χ3v) is 8.88. The summed E-state index contributed by atoms with van der Waals surface area (Å²) in [4.78, 5) is 3.41. The highest BCUT2D eigenvalue weighted by Gasteiger charge is 2.01. The van der Waals surface area contributed by atoms with Crippen molar-refractivity contribution in [1.29, 1.82) is 0 Å². The van der Waals surface area contributed by atoms with E-state index < -0.39 is 0 Å². The number of aromatic nitrogens is 1. The molecule has 4 nitrogen and oxygen atoms in total. The minimum atomic E-state index is 0.667. The Kier molecular flexibility index (Phi) is 59.5. The van der Waals surface area contributed by atoms with E-state index in [0.717, 1.165) is 39.2 Å². The lowest BCUT2D eigenvalue weighted by molar-refractivity contribution is 1.45. The number of anilines is 3. The number of hydrogen-bond acceptors (Lipinski definition) is 3. The van der Waals surface area contributed by atoms with Gasteiger partial charge in [0.15, 0.2) is 0 Å². The molecule has 0 aliphatic carbocycles. The van der Waals surface area contributed by atoms with Crippen LogP contribution >= 0.6 is 0 Å². The van der Waals surface area contributed by atoms with E-state index in [9.17, 15) is 0 Å². The van der Waals surface area contributed by atoms with Crippen LogP contribution in [0.5, 0.6) is 0 Å². The first-order chi connectivity index (χ1) is 38.3. The van der Waals surface area contributed by atoms with Crippen LogP contribution < -0.4 is 17.2 Å². The molecular weight excluding hydrogens is 945 g/mol. The van der Waals surface area contributed by atoms with Crippen molar-refractivity contribution < 1.29 is 0 Å². The fraction of sp³-hybridized carbons (Fsp3) is 0.243. The van der Waals surface area contributed by atoms with E-state index in [1.165, 1.54) is 27.7 Å². The van der Waals surface area contributed by atoms with Gasteiger partial charge in [0.05, 0.1) is 0 Å². The number of fused-ring (bicyclic) bond motifs is 1. The van der Waals surface area contributed by atoms with Gasteiger partial charge in [-0.1, -0.05) is 298 Å². The number of nitrogen functional groups attached to an aromatic ring is 3. The van der Waals surface area contributed by atoms with Gasteiger partial charge in [0.1, 0.15) is 0 Å². The van der Waals surface area contributed by atoms with Crippen molar-refractivity contribution in [3.05, 3.63) is 258 Å². The van der Waals surface area contributed by atoms with E-state index >= 15 is 0 Å². The van der Waals surface area contributed by atoms with E-state index in [1.54, 1.807) is 6.07 Å². The number of terminal acetylenes is 2. The molecule has 0 unspecified atom stereocenters. The van der Waals surface area contributed by atoms with Gasteiger partial charge in [-0.2, -0.15) is 0 Å². The van der Waals surface area contributed by atoms with Crippen LogP contribution in [0.25, 0.3) is 22.2 Å². The van der Waals surface area contributed by atoms with Crippen molar-refractivity contribution in [1.82, 2.24) is 4.98 Å².